The third-order valence-electron chi connectivity index (χ3n) is 5.49. The number of nitrogens with zero attached hydrogens (tertiary/aromatic N) is 1. The second kappa shape index (κ2) is 9.85. The van der Waals surface area contributed by atoms with Gasteiger partial charge in [0.05, 0.1) is 15.5 Å². The molecule has 0 saturated heterocycles. The summed E-state index contributed by atoms with van der Waals surface area (Å²) in [5.74, 6) is -0.891. The Morgan fingerprint density at radius 2 is 1.42 bits per heavy atom. The van der Waals surface area contributed by atoms with Crippen molar-refractivity contribution in [2.45, 2.75) is 9.79 Å². The Labute approximate surface area is 211 Å². The van der Waals surface area contributed by atoms with Crippen LogP contribution in [0.4, 0.5) is 10.1 Å². The van der Waals surface area contributed by atoms with Crippen molar-refractivity contribution < 1.29 is 17.6 Å². The maximum atomic E-state index is 13.1. The number of hydrogen-bond acceptors (Lipinski definition) is 5. The largest absolute Gasteiger partial charge is 0.322 e. The van der Waals surface area contributed by atoms with Gasteiger partial charge in [0.25, 0.3) is 5.91 Å². The SMILES string of the molecule is O=C(Nc1cccc(-c2csc(-c3ccccc3)n2)c1)c1ccc(S(=O)(=O)c2ccc(F)cc2)cc1. The van der Waals surface area contributed by atoms with E-state index in [-0.39, 0.29) is 15.7 Å². The van der Waals surface area contributed by atoms with E-state index in [2.05, 4.69) is 5.32 Å². The quantitative estimate of drug-likeness (QED) is 0.256. The predicted molar refractivity (Wildman–Crippen MR) is 139 cm³/mol. The number of aromatic nitrogens is 1. The Kier molecular flexibility index (Phi) is 6.45. The van der Waals surface area contributed by atoms with E-state index in [9.17, 15) is 17.6 Å². The summed E-state index contributed by atoms with van der Waals surface area (Å²) in [6.07, 6.45) is 0. The Morgan fingerprint density at radius 3 is 2.11 bits per heavy atom. The Hall–Kier alpha value is -4.14. The van der Waals surface area contributed by atoms with Gasteiger partial charge in [-0.25, -0.2) is 17.8 Å². The fourth-order valence-electron chi connectivity index (χ4n) is 3.61. The molecule has 0 unspecified atom stereocenters. The summed E-state index contributed by atoms with van der Waals surface area (Å²) in [7, 11) is -3.82. The first-order valence-electron chi connectivity index (χ1n) is 10.9. The summed E-state index contributed by atoms with van der Waals surface area (Å²) in [4.78, 5) is 17.5. The van der Waals surface area contributed by atoms with E-state index in [1.807, 2.05) is 53.9 Å². The second-order valence-corrected chi connectivity index (χ2v) is 10.7. The van der Waals surface area contributed by atoms with Crippen molar-refractivity contribution in [2.24, 2.45) is 0 Å². The van der Waals surface area contributed by atoms with Gasteiger partial charge < -0.3 is 5.32 Å². The number of carbonyl (C=O) groups is 1. The van der Waals surface area contributed by atoms with Crippen LogP contribution in [0.3, 0.4) is 0 Å². The lowest BCUT2D eigenvalue weighted by Crippen LogP contribution is -2.12. The lowest BCUT2D eigenvalue weighted by Gasteiger charge is -2.08. The first-order chi connectivity index (χ1) is 17.4. The van der Waals surface area contributed by atoms with Crippen molar-refractivity contribution in [1.29, 1.82) is 0 Å². The minimum Gasteiger partial charge on any atom is -0.322 e. The minimum atomic E-state index is -3.82. The Balaban J connectivity index is 1.32. The van der Waals surface area contributed by atoms with E-state index >= 15 is 0 Å². The molecule has 36 heavy (non-hydrogen) atoms. The summed E-state index contributed by atoms with van der Waals surface area (Å²) in [5, 5.41) is 5.74. The summed E-state index contributed by atoms with van der Waals surface area (Å²) in [6, 6.07) is 27.5. The number of hydrogen-bond donors (Lipinski definition) is 1. The zero-order chi connectivity index (χ0) is 25.1. The number of sulfone groups is 1. The van der Waals surface area contributed by atoms with Gasteiger partial charge in [-0.3, -0.25) is 4.79 Å². The number of benzene rings is 4. The number of halogens is 1. The van der Waals surface area contributed by atoms with Gasteiger partial charge in [-0.1, -0.05) is 42.5 Å². The van der Waals surface area contributed by atoms with Crippen molar-refractivity contribution in [3.63, 3.8) is 0 Å². The molecule has 5 aromatic rings. The number of amides is 1. The van der Waals surface area contributed by atoms with Gasteiger partial charge in [0.1, 0.15) is 10.8 Å². The van der Waals surface area contributed by atoms with E-state index in [0.29, 0.717) is 11.3 Å². The fourth-order valence-corrected chi connectivity index (χ4v) is 5.71. The highest BCUT2D eigenvalue weighted by Crippen LogP contribution is 2.30. The molecular weight excluding hydrogens is 495 g/mol. The van der Waals surface area contributed by atoms with Crippen molar-refractivity contribution >= 4 is 32.8 Å². The van der Waals surface area contributed by atoms with E-state index in [4.69, 9.17) is 4.98 Å². The van der Waals surface area contributed by atoms with E-state index in [1.54, 1.807) is 17.4 Å². The zero-order valence-corrected chi connectivity index (χ0v) is 20.4. The van der Waals surface area contributed by atoms with Crippen LogP contribution in [0.5, 0.6) is 0 Å². The minimum absolute atomic E-state index is 0.0182. The molecule has 5 rings (SSSR count). The van der Waals surface area contributed by atoms with E-state index in [0.717, 1.165) is 34.0 Å². The highest BCUT2D eigenvalue weighted by Gasteiger charge is 2.18. The molecule has 4 aromatic carbocycles. The zero-order valence-electron chi connectivity index (χ0n) is 18.8. The van der Waals surface area contributed by atoms with Gasteiger partial charge in [-0.05, 0) is 60.7 Å². The van der Waals surface area contributed by atoms with Crippen LogP contribution in [-0.4, -0.2) is 19.3 Å². The molecule has 178 valence electrons. The molecule has 1 amide bonds. The molecule has 0 aliphatic rings. The van der Waals surface area contributed by atoms with Crippen molar-refractivity contribution in [1.82, 2.24) is 4.98 Å². The van der Waals surface area contributed by atoms with Gasteiger partial charge >= 0.3 is 0 Å². The second-order valence-electron chi connectivity index (χ2n) is 7.92. The van der Waals surface area contributed by atoms with Crippen LogP contribution in [0, 0.1) is 5.82 Å². The van der Waals surface area contributed by atoms with Gasteiger partial charge in [0.15, 0.2) is 0 Å². The van der Waals surface area contributed by atoms with Crippen LogP contribution in [0.1, 0.15) is 10.4 Å². The van der Waals surface area contributed by atoms with Gasteiger partial charge in [-0.15, -0.1) is 11.3 Å². The highest BCUT2D eigenvalue weighted by molar-refractivity contribution is 7.91. The summed E-state index contributed by atoms with van der Waals surface area (Å²) < 4.78 is 38.7. The number of thiazole rings is 1. The molecule has 0 atom stereocenters. The topological polar surface area (TPSA) is 76.1 Å². The molecule has 0 bridgehead atoms. The number of rotatable bonds is 6. The summed E-state index contributed by atoms with van der Waals surface area (Å²) >= 11 is 1.55. The molecule has 0 aliphatic heterocycles. The first kappa shape index (κ1) is 23.6. The molecule has 0 saturated carbocycles. The summed E-state index contributed by atoms with van der Waals surface area (Å²) in [5.41, 5.74) is 3.62. The van der Waals surface area contributed by atoms with Gasteiger partial charge in [0, 0.05) is 27.8 Å². The van der Waals surface area contributed by atoms with Crippen molar-refractivity contribution in [3.05, 3.63) is 120 Å². The molecule has 1 aromatic heterocycles. The highest BCUT2D eigenvalue weighted by atomic mass is 32.2. The summed E-state index contributed by atoms with van der Waals surface area (Å²) in [6.45, 7) is 0. The van der Waals surface area contributed by atoms with Crippen LogP contribution in [0.15, 0.2) is 118 Å². The monoisotopic (exact) mass is 514 g/mol. The normalized spacial score (nSPS) is 11.2. The molecule has 0 aliphatic carbocycles. The third-order valence-corrected chi connectivity index (χ3v) is 8.17. The lowest BCUT2D eigenvalue weighted by molar-refractivity contribution is 0.102. The molecule has 5 nitrogen and oxygen atoms in total. The smallest absolute Gasteiger partial charge is 0.255 e. The third kappa shape index (κ3) is 4.95. The first-order valence-corrected chi connectivity index (χ1v) is 13.3. The molecular formula is C28H19FN2O3S2. The van der Waals surface area contributed by atoms with Crippen LogP contribution >= 0.6 is 11.3 Å². The molecule has 0 radical (unpaired) electrons. The Bertz CT molecular complexity index is 1630. The Morgan fingerprint density at radius 1 is 0.778 bits per heavy atom. The molecule has 8 heteroatoms. The maximum absolute atomic E-state index is 13.1. The standard InChI is InChI=1S/C28H19FN2O3S2/c29-22-11-15-25(16-12-22)36(33,34)24-13-9-19(10-14-24)27(32)30-23-8-4-7-21(17-23)26-18-35-28(31-26)20-5-2-1-3-6-20/h1-18H,(H,30,32). The predicted octanol–water partition coefficient (Wildman–Crippen LogP) is 6.70. The number of anilines is 1. The van der Waals surface area contributed by atoms with Crippen LogP contribution in [-0.2, 0) is 9.84 Å². The van der Waals surface area contributed by atoms with Gasteiger partial charge in [0.2, 0.25) is 9.84 Å². The lowest BCUT2D eigenvalue weighted by atomic mass is 10.1. The van der Waals surface area contributed by atoms with E-state index < -0.39 is 15.7 Å². The average molecular weight is 515 g/mol. The van der Waals surface area contributed by atoms with Crippen molar-refractivity contribution in [2.75, 3.05) is 5.32 Å². The molecule has 0 fully saturated rings. The number of carbonyl (C=O) groups excluding carboxylic acids is 1. The molecule has 1 heterocycles. The molecule has 1 N–H and O–H groups in total. The average Bonchev–Trinajstić information content (AvgIpc) is 3.40. The number of nitrogens with one attached hydrogen (secondary N) is 1. The molecule has 0 spiro atoms. The van der Waals surface area contributed by atoms with Crippen molar-refractivity contribution in [3.8, 4) is 21.8 Å². The van der Waals surface area contributed by atoms with Crippen LogP contribution in [0.2, 0.25) is 0 Å². The van der Waals surface area contributed by atoms with Crippen LogP contribution in [0.25, 0.3) is 21.8 Å². The fraction of sp³-hybridized carbons (Fsp3) is 0. The van der Waals surface area contributed by atoms with E-state index in [1.165, 1.54) is 36.4 Å². The maximum Gasteiger partial charge on any atom is 0.255 e. The van der Waals surface area contributed by atoms with Crippen LogP contribution < -0.4 is 5.32 Å². The van der Waals surface area contributed by atoms with Gasteiger partial charge in [-0.2, -0.15) is 0 Å².